The number of Topliss-reactive ketones (excluding diaryl/α,β-unsaturated/α-hetero) is 1. The van der Waals surface area contributed by atoms with Crippen LogP contribution in [0.25, 0.3) is 0 Å². The van der Waals surface area contributed by atoms with E-state index >= 15 is 0 Å². The van der Waals surface area contributed by atoms with Gasteiger partial charge in [0.05, 0.1) is 5.88 Å². The number of rotatable bonds is 5. The van der Waals surface area contributed by atoms with Crippen LogP contribution in [0.5, 0.6) is 0 Å². The summed E-state index contributed by atoms with van der Waals surface area (Å²) in [6, 6.07) is 1.95. The van der Waals surface area contributed by atoms with E-state index in [0.717, 1.165) is 23.5 Å². The maximum absolute atomic E-state index is 11.8. The number of ketones is 1. The van der Waals surface area contributed by atoms with Gasteiger partial charge in [0.15, 0.2) is 5.78 Å². The monoisotopic (exact) mass is 269 g/mol. The van der Waals surface area contributed by atoms with Crippen LogP contribution in [0.15, 0.2) is 6.07 Å². The van der Waals surface area contributed by atoms with Crippen LogP contribution in [0.3, 0.4) is 0 Å². The summed E-state index contributed by atoms with van der Waals surface area (Å²) in [6.45, 7) is 14.0. The summed E-state index contributed by atoms with van der Waals surface area (Å²) >= 11 is 5.64. The van der Waals surface area contributed by atoms with Gasteiger partial charge in [-0.05, 0) is 31.2 Å². The number of carbonyl (C=O) groups is 1. The van der Waals surface area contributed by atoms with E-state index in [2.05, 4.69) is 39.2 Å². The van der Waals surface area contributed by atoms with Crippen LogP contribution >= 0.6 is 11.6 Å². The molecule has 0 saturated carbocycles. The predicted molar refractivity (Wildman–Crippen MR) is 77.6 cm³/mol. The smallest absolute Gasteiger partial charge is 0.179 e. The molecule has 0 aromatic carbocycles. The highest BCUT2D eigenvalue weighted by molar-refractivity contribution is 6.30. The molecule has 0 radical (unpaired) electrons. The van der Waals surface area contributed by atoms with E-state index in [9.17, 15) is 4.79 Å². The fourth-order valence-corrected chi connectivity index (χ4v) is 2.13. The number of aromatic nitrogens is 1. The standard InChI is InChI=1S/C15H24ClNO/c1-10(2)15(5,6)9-17-11(3)7-13(12(17)4)14(18)8-16/h7,10H,8-9H2,1-6H3. The van der Waals surface area contributed by atoms with Crippen LogP contribution in [0.4, 0.5) is 0 Å². The number of carbonyl (C=O) groups excluding carboxylic acids is 1. The first-order valence-corrected chi connectivity index (χ1v) is 7.00. The minimum atomic E-state index is 0.0124. The van der Waals surface area contributed by atoms with Crippen molar-refractivity contribution in [3.05, 3.63) is 23.0 Å². The lowest BCUT2D eigenvalue weighted by molar-refractivity contribution is 0.102. The molecule has 0 amide bonds. The van der Waals surface area contributed by atoms with Gasteiger partial charge in [-0.25, -0.2) is 0 Å². The van der Waals surface area contributed by atoms with Crippen molar-refractivity contribution in [3.8, 4) is 0 Å². The van der Waals surface area contributed by atoms with Crippen LogP contribution in [0.1, 0.15) is 49.4 Å². The molecule has 0 aliphatic heterocycles. The minimum absolute atomic E-state index is 0.0124. The second-order valence-corrected chi connectivity index (χ2v) is 6.34. The van der Waals surface area contributed by atoms with Gasteiger partial charge in [0.1, 0.15) is 0 Å². The highest BCUT2D eigenvalue weighted by Gasteiger charge is 2.25. The third-order valence-electron chi connectivity index (χ3n) is 4.12. The second kappa shape index (κ2) is 5.48. The number of aryl methyl sites for hydroxylation is 1. The Morgan fingerprint density at radius 2 is 1.94 bits per heavy atom. The average Bonchev–Trinajstić information content (AvgIpc) is 2.55. The lowest BCUT2D eigenvalue weighted by Crippen LogP contribution is -2.26. The van der Waals surface area contributed by atoms with E-state index in [1.165, 1.54) is 0 Å². The Morgan fingerprint density at radius 1 is 1.39 bits per heavy atom. The van der Waals surface area contributed by atoms with Gasteiger partial charge < -0.3 is 4.57 Å². The molecule has 0 N–H and O–H groups in total. The summed E-state index contributed by atoms with van der Waals surface area (Å²) in [5.74, 6) is 0.655. The second-order valence-electron chi connectivity index (χ2n) is 6.07. The maximum atomic E-state index is 11.8. The topological polar surface area (TPSA) is 22.0 Å². The molecule has 3 heteroatoms. The Morgan fingerprint density at radius 3 is 2.39 bits per heavy atom. The van der Waals surface area contributed by atoms with Crippen molar-refractivity contribution in [3.63, 3.8) is 0 Å². The molecule has 1 heterocycles. The van der Waals surface area contributed by atoms with E-state index < -0.39 is 0 Å². The molecule has 0 aliphatic carbocycles. The number of nitrogens with zero attached hydrogens (tertiary/aromatic N) is 1. The molecule has 1 aromatic heterocycles. The van der Waals surface area contributed by atoms with Crippen molar-refractivity contribution in [2.24, 2.45) is 11.3 Å². The van der Waals surface area contributed by atoms with Crippen LogP contribution in [0.2, 0.25) is 0 Å². The van der Waals surface area contributed by atoms with Gasteiger partial charge in [0.25, 0.3) is 0 Å². The zero-order valence-corrected chi connectivity index (χ0v) is 13.1. The van der Waals surface area contributed by atoms with E-state index in [-0.39, 0.29) is 17.1 Å². The van der Waals surface area contributed by atoms with Crippen molar-refractivity contribution >= 4 is 17.4 Å². The fraction of sp³-hybridized carbons (Fsp3) is 0.667. The molecule has 0 bridgehead atoms. The van der Waals surface area contributed by atoms with E-state index in [1.54, 1.807) is 0 Å². The molecule has 0 spiro atoms. The number of hydrogen-bond donors (Lipinski definition) is 0. The number of alkyl halides is 1. The molecule has 0 atom stereocenters. The Kier molecular flexibility index (Phi) is 4.66. The highest BCUT2D eigenvalue weighted by atomic mass is 35.5. The summed E-state index contributed by atoms with van der Waals surface area (Å²) in [5, 5.41) is 0. The molecular formula is C15H24ClNO. The van der Waals surface area contributed by atoms with Crippen molar-refractivity contribution in [1.29, 1.82) is 0 Å². The van der Waals surface area contributed by atoms with E-state index in [0.29, 0.717) is 5.92 Å². The summed E-state index contributed by atoms with van der Waals surface area (Å²) in [5.41, 5.74) is 3.14. The number of hydrogen-bond acceptors (Lipinski definition) is 1. The lowest BCUT2D eigenvalue weighted by Gasteiger charge is -2.31. The first-order valence-electron chi connectivity index (χ1n) is 6.46. The zero-order valence-electron chi connectivity index (χ0n) is 12.3. The average molecular weight is 270 g/mol. The van der Waals surface area contributed by atoms with Crippen LogP contribution < -0.4 is 0 Å². The number of halogens is 1. The maximum Gasteiger partial charge on any atom is 0.179 e. The third kappa shape index (κ3) is 2.97. The SMILES string of the molecule is Cc1cc(C(=O)CCl)c(C)n1CC(C)(C)C(C)C. The molecular weight excluding hydrogens is 246 g/mol. The normalized spacial score (nSPS) is 12.2. The van der Waals surface area contributed by atoms with Crippen molar-refractivity contribution in [2.75, 3.05) is 5.88 Å². The van der Waals surface area contributed by atoms with Gasteiger partial charge in [-0.1, -0.05) is 27.7 Å². The lowest BCUT2D eigenvalue weighted by atomic mass is 9.81. The van der Waals surface area contributed by atoms with E-state index in [4.69, 9.17) is 11.6 Å². The Hall–Kier alpha value is -0.760. The largest absolute Gasteiger partial charge is 0.348 e. The van der Waals surface area contributed by atoms with Crippen LogP contribution in [0, 0.1) is 25.2 Å². The van der Waals surface area contributed by atoms with E-state index in [1.807, 2.05) is 13.0 Å². The molecule has 0 aliphatic rings. The Bertz CT molecular complexity index is 444. The quantitative estimate of drug-likeness (QED) is 0.580. The first kappa shape index (κ1) is 15.3. The molecule has 0 fully saturated rings. The van der Waals surface area contributed by atoms with Gasteiger partial charge in [-0.15, -0.1) is 11.6 Å². The van der Waals surface area contributed by atoms with Gasteiger partial charge in [0, 0.05) is 23.5 Å². The Labute approximate surface area is 115 Å². The van der Waals surface area contributed by atoms with Gasteiger partial charge in [-0.3, -0.25) is 4.79 Å². The minimum Gasteiger partial charge on any atom is -0.348 e. The summed E-state index contributed by atoms with van der Waals surface area (Å²) in [7, 11) is 0. The third-order valence-corrected chi connectivity index (χ3v) is 4.37. The van der Waals surface area contributed by atoms with Gasteiger partial charge >= 0.3 is 0 Å². The van der Waals surface area contributed by atoms with Crippen molar-refractivity contribution in [1.82, 2.24) is 4.57 Å². The predicted octanol–water partition coefficient (Wildman–Crippen LogP) is 4.21. The molecule has 1 aromatic rings. The summed E-state index contributed by atoms with van der Waals surface area (Å²) < 4.78 is 2.24. The molecule has 102 valence electrons. The van der Waals surface area contributed by atoms with Crippen LogP contribution in [-0.2, 0) is 6.54 Å². The summed E-state index contributed by atoms with van der Waals surface area (Å²) in [4.78, 5) is 11.8. The highest BCUT2D eigenvalue weighted by Crippen LogP contribution is 2.30. The summed E-state index contributed by atoms with van der Waals surface area (Å²) in [6.07, 6.45) is 0. The fourth-order valence-electron chi connectivity index (χ4n) is 1.99. The zero-order chi connectivity index (χ0) is 14.1. The van der Waals surface area contributed by atoms with Crippen molar-refractivity contribution < 1.29 is 4.79 Å². The molecule has 2 nitrogen and oxygen atoms in total. The molecule has 1 rings (SSSR count). The molecule has 0 unspecified atom stereocenters. The molecule has 0 saturated heterocycles. The first-order chi connectivity index (χ1) is 8.20. The van der Waals surface area contributed by atoms with Crippen molar-refractivity contribution in [2.45, 2.75) is 48.1 Å². The van der Waals surface area contributed by atoms with Gasteiger partial charge in [-0.2, -0.15) is 0 Å². The molecule has 18 heavy (non-hydrogen) atoms. The van der Waals surface area contributed by atoms with Crippen LogP contribution in [-0.4, -0.2) is 16.2 Å². The van der Waals surface area contributed by atoms with Gasteiger partial charge in [0.2, 0.25) is 0 Å². The Balaban J connectivity index is 3.12.